The highest BCUT2D eigenvalue weighted by Crippen LogP contribution is 2.19. The summed E-state index contributed by atoms with van der Waals surface area (Å²) in [7, 11) is 0. The fraction of sp³-hybridized carbons (Fsp3) is 0.231. The molecule has 6 nitrogen and oxygen atoms in total. The van der Waals surface area contributed by atoms with Crippen molar-refractivity contribution in [3.8, 4) is 0 Å². The first-order valence-electron chi connectivity index (χ1n) is 6.01. The smallest absolute Gasteiger partial charge is 0.270 e. The van der Waals surface area contributed by atoms with E-state index < -0.39 is 5.25 Å². The molecule has 2 N–H and O–H groups in total. The number of nitrogens with one attached hydrogen (secondary N) is 2. The summed E-state index contributed by atoms with van der Waals surface area (Å²) in [5, 5.41) is 10.0. The van der Waals surface area contributed by atoms with Crippen LogP contribution in [0.25, 0.3) is 0 Å². The number of aromatic amines is 1. The number of hydrogen-bond acceptors (Lipinski definition) is 5. The van der Waals surface area contributed by atoms with Gasteiger partial charge in [-0.1, -0.05) is 29.5 Å². The number of H-pyrrole nitrogens is 1. The second-order valence-electron chi connectivity index (χ2n) is 4.25. The number of rotatable bonds is 4. The van der Waals surface area contributed by atoms with Crippen LogP contribution in [0.5, 0.6) is 0 Å². The highest BCUT2D eigenvalue weighted by molar-refractivity contribution is 8.00. The summed E-state index contributed by atoms with van der Waals surface area (Å²) in [5.74, 6) is -0.162. The first kappa shape index (κ1) is 14.3. The molecule has 2 rings (SSSR count). The molecule has 1 heterocycles. The maximum Gasteiger partial charge on any atom is 0.270 e. The normalized spacial score (nSPS) is 11.9. The summed E-state index contributed by atoms with van der Waals surface area (Å²) in [4.78, 5) is 25.6. The zero-order valence-electron chi connectivity index (χ0n) is 11.1. The molecule has 7 heteroatoms. The fourth-order valence-corrected chi connectivity index (χ4v) is 2.21. The molecule has 0 bridgehead atoms. The van der Waals surface area contributed by atoms with E-state index in [-0.39, 0.29) is 11.5 Å². The molecule has 0 unspecified atom stereocenters. The number of thioether (sulfide) groups is 1. The second kappa shape index (κ2) is 6.33. The minimum absolute atomic E-state index is 0.162. The average Bonchev–Trinajstić information content (AvgIpc) is 2.41. The first-order chi connectivity index (χ1) is 9.54. The Morgan fingerprint density at radius 3 is 2.70 bits per heavy atom. The largest absolute Gasteiger partial charge is 0.325 e. The van der Waals surface area contributed by atoms with Gasteiger partial charge in [-0.2, -0.15) is 5.10 Å². The number of carbonyl (C=O) groups is 1. The third-order valence-corrected chi connectivity index (χ3v) is 3.51. The Labute approximate surface area is 120 Å². The molecule has 1 atom stereocenters. The molecule has 1 aromatic carbocycles. The van der Waals surface area contributed by atoms with Gasteiger partial charge in [-0.15, -0.1) is 5.10 Å². The molecule has 20 heavy (non-hydrogen) atoms. The lowest BCUT2D eigenvalue weighted by molar-refractivity contribution is -0.115. The maximum atomic E-state index is 12.0. The van der Waals surface area contributed by atoms with Gasteiger partial charge in [0.05, 0.1) is 5.25 Å². The van der Waals surface area contributed by atoms with E-state index in [0.29, 0.717) is 5.16 Å². The lowest BCUT2D eigenvalue weighted by atomic mass is 10.2. The van der Waals surface area contributed by atoms with Crippen LogP contribution in [0.2, 0.25) is 0 Å². The minimum atomic E-state index is -0.399. The van der Waals surface area contributed by atoms with Crippen LogP contribution >= 0.6 is 11.8 Å². The molecular weight excluding hydrogens is 276 g/mol. The van der Waals surface area contributed by atoms with E-state index in [9.17, 15) is 9.59 Å². The topological polar surface area (TPSA) is 87.7 Å². The lowest BCUT2D eigenvalue weighted by Gasteiger charge is -2.11. The molecule has 0 fully saturated rings. The molecule has 0 spiro atoms. The molecule has 0 saturated heterocycles. The van der Waals surface area contributed by atoms with Crippen LogP contribution in [0.1, 0.15) is 12.5 Å². The van der Waals surface area contributed by atoms with Crippen LogP contribution in [0.15, 0.2) is 40.4 Å². The van der Waals surface area contributed by atoms with Crippen LogP contribution in [0.3, 0.4) is 0 Å². The molecule has 104 valence electrons. The SMILES string of the molecule is Cc1ccc(NC(=O)[C@H](C)Sc2nncc(=O)[nH]2)cc1. The van der Waals surface area contributed by atoms with Gasteiger partial charge in [0.15, 0.2) is 5.16 Å². The molecule has 1 amide bonds. The monoisotopic (exact) mass is 290 g/mol. The van der Waals surface area contributed by atoms with Crippen LogP contribution in [-0.4, -0.2) is 26.3 Å². The summed E-state index contributed by atoms with van der Waals surface area (Å²) in [6.07, 6.45) is 1.08. The van der Waals surface area contributed by atoms with Gasteiger partial charge in [-0.3, -0.25) is 14.6 Å². The molecule has 0 aliphatic rings. The van der Waals surface area contributed by atoms with Crippen LogP contribution < -0.4 is 10.9 Å². The summed E-state index contributed by atoms with van der Waals surface area (Å²) >= 11 is 1.15. The number of amides is 1. The number of anilines is 1. The van der Waals surface area contributed by atoms with E-state index in [1.807, 2.05) is 31.2 Å². The Bertz CT molecular complexity index is 654. The Balaban J connectivity index is 1.98. The van der Waals surface area contributed by atoms with E-state index in [1.54, 1.807) is 6.92 Å². The molecular formula is C13H14N4O2S. The van der Waals surface area contributed by atoms with Crippen LogP contribution in [-0.2, 0) is 4.79 Å². The molecule has 2 aromatic rings. The summed E-state index contributed by atoms with van der Waals surface area (Å²) in [6.45, 7) is 3.72. The molecule has 0 aliphatic heterocycles. The van der Waals surface area contributed by atoms with Crippen molar-refractivity contribution in [3.05, 3.63) is 46.4 Å². The van der Waals surface area contributed by atoms with Crippen molar-refractivity contribution in [2.24, 2.45) is 0 Å². The quantitative estimate of drug-likeness (QED) is 0.835. The predicted molar refractivity (Wildman–Crippen MR) is 77.8 cm³/mol. The lowest BCUT2D eigenvalue weighted by Crippen LogP contribution is -2.23. The summed E-state index contributed by atoms with van der Waals surface area (Å²) in [6, 6.07) is 7.53. The van der Waals surface area contributed by atoms with Crippen molar-refractivity contribution in [1.82, 2.24) is 15.2 Å². The molecule has 0 saturated carbocycles. The third-order valence-electron chi connectivity index (χ3n) is 2.53. The summed E-state index contributed by atoms with van der Waals surface area (Å²) < 4.78 is 0. The van der Waals surface area contributed by atoms with Crippen molar-refractivity contribution < 1.29 is 4.79 Å². The Morgan fingerprint density at radius 1 is 1.35 bits per heavy atom. The third kappa shape index (κ3) is 3.92. The molecule has 0 aliphatic carbocycles. The predicted octanol–water partition coefficient (Wildman–Crippen LogP) is 1.59. The van der Waals surface area contributed by atoms with E-state index in [0.717, 1.165) is 29.2 Å². The van der Waals surface area contributed by atoms with Crippen LogP contribution in [0.4, 0.5) is 5.69 Å². The zero-order valence-corrected chi connectivity index (χ0v) is 11.9. The minimum Gasteiger partial charge on any atom is -0.325 e. The first-order valence-corrected chi connectivity index (χ1v) is 6.89. The fourth-order valence-electron chi connectivity index (χ4n) is 1.45. The Hall–Kier alpha value is -2.15. The highest BCUT2D eigenvalue weighted by Gasteiger charge is 2.16. The van der Waals surface area contributed by atoms with Gasteiger partial charge in [0.2, 0.25) is 5.91 Å². The number of aryl methyl sites for hydroxylation is 1. The van der Waals surface area contributed by atoms with Crippen molar-refractivity contribution in [3.63, 3.8) is 0 Å². The van der Waals surface area contributed by atoms with E-state index in [2.05, 4.69) is 20.5 Å². The molecule has 0 radical (unpaired) electrons. The van der Waals surface area contributed by atoms with Gasteiger partial charge in [-0.25, -0.2) is 0 Å². The van der Waals surface area contributed by atoms with Gasteiger partial charge in [0.25, 0.3) is 5.56 Å². The van der Waals surface area contributed by atoms with Crippen molar-refractivity contribution in [2.75, 3.05) is 5.32 Å². The number of benzene rings is 1. The summed E-state index contributed by atoms with van der Waals surface area (Å²) in [5.41, 5.74) is 1.52. The number of hydrogen-bond donors (Lipinski definition) is 2. The van der Waals surface area contributed by atoms with Gasteiger partial charge >= 0.3 is 0 Å². The highest BCUT2D eigenvalue weighted by atomic mass is 32.2. The van der Waals surface area contributed by atoms with Crippen molar-refractivity contribution in [2.45, 2.75) is 24.3 Å². The number of nitrogens with zero attached hydrogens (tertiary/aromatic N) is 2. The van der Waals surface area contributed by atoms with E-state index >= 15 is 0 Å². The number of carbonyl (C=O) groups excluding carboxylic acids is 1. The molecule has 1 aromatic heterocycles. The van der Waals surface area contributed by atoms with Crippen LogP contribution in [0, 0.1) is 6.92 Å². The maximum absolute atomic E-state index is 12.0. The second-order valence-corrected chi connectivity index (χ2v) is 5.58. The van der Waals surface area contributed by atoms with Crippen molar-refractivity contribution in [1.29, 1.82) is 0 Å². The van der Waals surface area contributed by atoms with Crippen molar-refractivity contribution >= 4 is 23.4 Å². The number of aromatic nitrogens is 3. The van der Waals surface area contributed by atoms with Gasteiger partial charge in [-0.05, 0) is 26.0 Å². The van der Waals surface area contributed by atoms with Gasteiger partial charge in [0.1, 0.15) is 6.20 Å². The average molecular weight is 290 g/mol. The Kier molecular flexibility index (Phi) is 4.52. The van der Waals surface area contributed by atoms with E-state index in [1.165, 1.54) is 0 Å². The van der Waals surface area contributed by atoms with Gasteiger partial charge < -0.3 is 5.32 Å². The Morgan fingerprint density at radius 2 is 2.05 bits per heavy atom. The van der Waals surface area contributed by atoms with E-state index in [4.69, 9.17) is 0 Å². The van der Waals surface area contributed by atoms with Gasteiger partial charge in [0, 0.05) is 5.69 Å². The zero-order chi connectivity index (χ0) is 14.5. The standard InChI is InChI=1S/C13H14N4O2S/c1-8-3-5-10(6-4-8)15-12(19)9(2)20-13-16-11(18)7-14-17-13/h3-7,9H,1-2H3,(H,15,19)(H,16,17,18)/t9-/m0/s1.